The number of carbonyl (C=O) groups is 1. The predicted molar refractivity (Wildman–Crippen MR) is 84.0 cm³/mol. The molecule has 21 heavy (non-hydrogen) atoms. The topological polar surface area (TPSA) is 101 Å². The van der Waals surface area contributed by atoms with Crippen molar-refractivity contribution in [3.63, 3.8) is 0 Å². The zero-order chi connectivity index (χ0) is 15.8. The highest BCUT2D eigenvalue weighted by Gasteiger charge is 2.09. The van der Waals surface area contributed by atoms with Gasteiger partial charge in [0.15, 0.2) is 0 Å². The fourth-order valence-electron chi connectivity index (χ4n) is 1.94. The third kappa shape index (κ3) is 5.97. The second-order valence-electron chi connectivity index (χ2n) is 4.73. The molecule has 0 aliphatic heterocycles. The van der Waals surface area contributed by atoms with E-state index in [4.69, 9.17) is 11.5 Å². The number of benzene rings is 1. The van der Waals surface area contributed by atoms with Crippen LogP contribution in [-0.2, 0) is 0 Å². The summed E-state index contributed by atoms with van der Waals surface area (Å²) in [5.41, 5.74) is 13.4. The highest BCUT2D eigenvalue weighted by molar-refractivity contribution is 5.74. The van der Waals surface area contributed by atoms with Crippen LogP contribution in [-0.4, -0.2) is 11.1 Å². The molecule has 0 saturated heterocycles. The van der Waals surface area contributed by atoms with Crippen LogP contribution >= 0.6 is 0 Å². The fraction of sp³-hybridized carbons (Fsp3) is 0.188. The minimum absolute atomic E-state index is 0.340. The summed E-state index contributed by atoms with van der Waals surface area (Å²) in [4.78, 5) is 10.8. The first-order valence-corrected chi connectivity index (χ1v) is 6.51. The average Bonchev–Trinajstić information content (AvgIpc) is 2.37. The Labute approximate surface area is 124 Å². The number of hydrogen-bond acceptors (Lipinski definition) is 3. The second-order valence-corrected chi connectivity index (χ2v) is 4.73. The smallest absolute Gasteiger partial charge is 0.316 e. The largest absolute Gasteiger partial charge is 0.405 e. The number of nitrogens with two attached hydrogens (primary N) is 2. The van der Waals surface area contributed by atoms with E-state index >= 15 is 0 Å². The Kier molecular flexibility index (Phi) is 6.23. The van der Waals surface area contributed by atoms with Crippen molar-refractivity contribution < 1.29 is 9.90 Å². The van der Waals surface area contributed by atoms with Crippen LogP contribution in [0.3, 0.4) is 0 Å². The van der Waals surface area contributed by atoms with Crippen LogP contribution in [0.15, 0.2) is 60.5 Å². The molecular formula is C16H21N3O2. The first-order valence-electron chi connectivity index (χ1n) is 6.51. The highest BCUT2D eigenvalue weighted by Crippen LogP contribution is 2.22. The fourth-order valence-corrected chi connectivity index (χ4v) is 1.94. The molecule has 0 aliphatic carbocycles. The summed E-state index contributed by atoms with van der Waals surface area (Å²) in [6.07, 6.45) is 4.30. The van der Waals surface area contributed by atoms with Crippen molar-refractivity contribution in [1.29, 1.82) is 0 Å². The summed E-state index contributed by atoms with van der Waals surface area (Å²) >= 11 is 0. The summed E-state index contributed by atoms with van der Waals surface area (Å²) in [7, 11) is 0. The van der Waals surface area contributed by atoms with Crippen LogP contribution in [0.4, 0.5) is 4.79 Å². The molecule has 2 amide bonds. The van der Waals surface area contributed by atoms with Crippen molar-refractivity contribution in [1.82, 2.24) is 5.32 Å². The summed E-state index contributed by atoms with van der Waals surface area (Å²) in [6, 6.07) is 6.95. The van der Waals surface area contributed by atoms with Gasteiger partial charge in [-0.25, -0.2) is 4.79 Å². The molecule has 1 rings (SSSR count). The van der Waals surface area contributed by atoms with Gasteiger partial charge in [-0.2, -0.15) is 0 Å². The SMILES string of the molecule is C=C(/C=C(\C=C/N)CC(O)c1cccc(C)c1)NC(N)=O. The van der Waals surface area contributed by atoms with Crippen molar-refractivity contribution in [2.75, 3.05) is 0 Å². The predicted octanol–water partition coefficient (Wildman–Crippen LogP) is 2.00. The van der Waals surface area contributed by atoms with Crippen LogP contribution < -0.4 is 16.8 Å². The molecule has 0 spiro atoms. The third-order valence-electron chi connectivity index (χ3n) is 2.81. The molecule has 0 radical (unpaired) electrons. The highest BCUT2D eigenvalue weighted by atomic mass is 16.3. The molecule has 1 aromatic rings. The van der Waals surface area contributed by atoms with Gasteiger partial charge in [-0.05, 0) is 36.4 Å². The zero-order valence-electron chi connectivity index (χ0n) is 12.0. The number of aliphatic hydroxyl groups excluding tert-OH is 1. The molecule has 1 aromatic carbocycles. The third-order valence-corrected chi connectivity index (χ3v) is 2.81. The molecule has 0 saturated carbocycles. The molecule has 1 unspecified atom stereocenters. The lowest BCUT2D eigenvalue weighted by molar-refractivity contribution is 0.179. The molecular weight excluding hydrogens is 266 g/mol. The molecule has 1 atom stereocenters. The molecule has 0 heterocycles. The lowest BCUT2D eigenvalue weighted by atomic mass is 9.99. The maximum absolute atomic E-state index is 10.8. The second kappa shape index (κ2) is 7.91. The van der Waals surface area contributed by atoms with Crippen LogP contribution in [0, 0.1) is 6.92 Å². The van der Waals surface area contributed by atoms with Crippen molar-refractivity contribution in [2.45, 2.75) is 19.4 Å². The number of allylic oxidation sites excluding steroid dienone is 2. The number of carbonyl (C=O) groups excluding carboxylic acids is 1. The van der Waals surface area contributed by atoms with Gasteiger partial charge in [-0.3, -0.25) is 0 Å². The number of rotatable bonds is 6. The lowest BCUT2D eigenvalue weighted by Crippen LogP contribution is -2.27. The zero-order valence-corrected chi connectivity index (χ0v) is 12.0. The summed E-state index contributed by atoms with van der Waals surface area (Å²) < 4.78 is 0. The van der Waals surface area contributed by atoms with Gasteiger partial charge in [0.25, 0.3) is 0 Å². The number of hydrogen-bond donors (Lipinski definition) is 4. The van der Waals surface area contributed by atoms with Gasteiger partial charge in [0.1, 0.15) is 0 Å². The number of urea groups is 1. The van der Waals surface area contributed by atoms with Gasteiger partial charge < -0.3 is 21.9 Å². The standard InChI is InChI=1S/C16H21N3O2/c1-11-4-3-5-14(8-11)15(20)10-13(6-7-17)9-12(2)19-16(18)21/h3-9,15,20H,2,10,17H2,1H3,(H3,18,19,21)/b7-6-,13-9+. The number of amides is 2. The van der Waals surface area contributed by atoms with E-state index in [2.05, 4.69) is 11.9 Å². The maximum Gasteiger partial charge on any atom is 0.316 e. The van der Waals surface area contributed by atoms with E-state index in [1.165, 1.54) is 6.20 Å². The Morgan fingerprint density at radius 3 is 2.81 bits per heavy atom. The normalized spacial score (nSPS) is 13.1. The Hall–Kier alpha value is -2.53. The summed E-state index contributed by atoms with van der Waals surface area (Å²) in [5, 5.41) is 12.6. The summed E-state index contributed by atoms with van der Waals surface area (Å²) in [6.45, 7) is 5.63. The maximum atomic E-state index is 10.8. The van der Waals surface area contributed by atoms with Gasteiger partial charge in [-0.15, -0.1) is 0 Å². The van der Waals surface area contributed by atoms with Crippen molar-refractivity contribution in [2.24, 2.45) is 11.5 Å². The number of nitrogens with one attached hydrogen (secondary N) is 1. The van der Waals surface area contributed by atoms with Crippen LogP contribution in [0.1, 0.15) is 23.7 Å². The molecule has 5 nitrogen and oxygen atoms in total. The van der Waals surface area contributed by atoms with E-state index in [1.807, 2.05) is 31.2 Å². The van der Waals surface area contributed by atoms with Crippen molar-refractivity contribution >= 4 is 6.03 Å². The van der Waals surface area contributed by atoms with Crippen molar-refractivity contribution in [3.8, 4) is 0 Å². The molecule has 112 valence electrons. The van der Waals surface area contributed by atoms with E-state index in [1.54, 1.807) is 12.2 Å². The minimum atomic E-state index is -0.688. The van der Waals surface area contributed by atoms with Gasteiger partial charge in [0, 0.05) is 12.1 Å². The van der Waals surface area contributed by atoms with Crippen LogP contribution in [0.5, 0.6) is 0 Å². The number of aliphatic hydroxyl groups is 1. The molecule has 5 heteroatoms. The van der Waals surface area contributed by atoms with E-state index in [0.717, 1.165) is 16.7 Å². The Morgan fingerprint density at radius 1 is 1.52 bits per heavy atom. The number of aryl methyl sites for hydroxylation is 1. The quantitative estimate of drug-likeness (QED) is 0.602. The van der Waals surface area contributed by atoms with Gasteiger partial charge in [0.05, 0.1) is 6.10 Å². The Bertz CT molecular complexity index is 577. The van der Waals surface area contributed by atoms with E-state index < -0.39 is 12.1 Å². The minimum Gasteiger partial charge on any atom is -0.405 e. The van der Waals surface area contributed by atoms with Crippen LogP contribution in [0.2, 0.25) is 0 Å². The van der Waals surface area contributed by atoms with E-state index in [-0.39, 0.29) is 0 Å². The Morgan fingerprint density at radius 2 is 2.24 bits per heavy atom. The van der Waals surface area contributed by atoms with Gasteiger partial charge in [-0.1, -0.05) is 36.4 Å². The monoisotopic (exact) mass is 287 g/mol. The Balaban J connectivity index is 2.85. The molecule has 0 aromatic heterocycles. The lowest BCUT2D eigenvalue weighted by Gasteiger charge is -2.13. The number of primary amides is 1. The first kappa shape index (κ1) is 16.5. The van der Waals surface area contributed by atoms with E-state index in [0.29, 0.717) is 12.1 Å². The molecule has 6 N–H and O–H groups in total. The van der Waals surface area contributed by atoms with E-state index in [9.17, 15) is 9.90 Å². The summed E-state index contributed by atoms with van der Waals surface area (Å²) in [5.74, 6) is 0. The van der Waals surface area contributed by atoms with Gasteiger partial charge >= 0.3 is 6.03 Å². The first-order chi connectivity index (χ1) is 9.92. The van der Waals surface area contributed by atoms with Gasteiger partial charge in [0.2, 0.25) is 0 Å². The molecule has 0 aliphatic rings. The average molecular weight is 287 g/mol. The molecule has 0 bridgehead atoms. The van der Waals surface area contributed by atoms with Crippen molar-refractivity contribution in [3.05, 3.63) is 71.6 Å². The van der Waals surface area contributed by atoms with Crippen LogP contribution in [0.25, 0.3) is 0 Å². The molecule has 0 fully saturated rings.